The monoisotopic (exact) mass is 350 g/mol. The van der Waals surface area contributed by atoms with Crippen molar-refractivity contribution < 1.29 is 9.18 Å². The summed E-state index contributed by atoms with van der Waals surface area (Å²) in [5, 5.41) is 5.39. The Labute approximate surface area is 131 Å². The van der Waals surface area contributed by atoms with Gasteiger partial charge in [0.1, 0.15) is 5.82 Å². The Kier molecular flexibility index (Phi) is 5.75. The van der Waals surface area contributed by atoms with E-state index in [1.807, 2.05) is 24.3 Å². The Hall–Kier alpha value is -1.88. The van der Waals surface area contributed by atoms with E-state index in [0.717, 1.165) is 16.5 Å². The molecule has 2 amide bonds. The molecule has 0 aromatic heterocycles. The second-order valence-electron chi connectivity index (χ2n) is 4.54. The number of urea groups is 1. The predicted octanol–water partition coefficient (Wildman–Crippen LogP) is 3.63. The number of hydrogen-bond donors (Lipinski definition) is 2. The Bertz CT molecular complexity index is 619. The summed E-state index contributed by atoms with van der Waals surface area (Å²) in [6.45, 7) is 0.694. The third kappa shape index (κ3) is 4.86. The van der Waals surface area contributed by atoms with Crippen LogP contribution >= 0.6 is 15.9 Å². The second-order valence-corrected chi connectivity index (χ2v) is 5.40. The molecule has 110 valence electrons. The van der Waals surface area contributed by atoms with Crippen molar-refractivity contribution >= 4 is 22.0 Å². The summed E-state index contributed by atoms with van der Waals surface area (Å²) in [5.41, 5.74) is 1.60. The normalized spacial score (nSPS) is 10.2. The molecule has 21 heavy (non-hydrogen) atoms. The first-order valence-corrected chi connectivity index (χ1v) is 7.44. The van der Waals surface area contributed by atoms with Gasteiger partial charge in [0.15, 0.2) is 0 Å². The molecule has 2 N–H and O–H groups in total. The number of nitrogens with one attached hydrogen (secondary N) is 2. The van der Waals surface area contributed by atoms with Gasteiger partial charge >= 0.3 is 6.03 Å². The lowest BCUT2D eigenvalue weighted by Gasteiger charge is -2.09. The van der Waals surface area contributed by atoms with Gasteiger partial charge in [-0.05, 0) is 24.1 Å². The van der Waals surface area contributed by atoms with E-state index in [1.165, 1.54) is 6.07 Å². The van der Waals surface area contributed by atoms with Crippen LogP contribution < -0.4 is 10.6 Å². The standard InChI is InChI=1S/C16H16BrFN2O/c17-14-7-3-1-5-12(14)9-10-19-16(21)20-11-13-6-2-4-8-15(13)18/h1-8H,9-11H2,(H2,19,20,21). The molecular weight excluding hydrogens is 335 g/mol. The lowest BCUT2D eigenvalue weighted by Crippen LogP contribution is -2.36. The molecule has 0 bridgehead atoms. The maximum absolute atomic E-state index is 13.4. The fourth-order valence-corrected chi connectivity index (χ4v) is 2.37. The van der Waals surface area contributed by atoms with Crippen LogP contribution in [0.3, 0.4) is 0 Å². The summed E-state index contributed by atoms with van der Waals surface area (Å²) in [6.07, 6.45) is 0.731. The van der Waals surface area contributed by atoms with E-state index in [9.17, 15) is 9.18 Å². The molecule has 0 aliphatic heterocycles. The molecule has 5 heteroatoms. The Balaban J connectivity index is 1.73. The van der Waals surface area contributed by atoms with E-state index in [1.54, 1.807) is 18.2 Å². The smallest absolute Gasteiger partial charge is 0.315 e. The molecule has 0 heterocycles. The van der Waals surface area contributed by atoms with Crippen LogP contribution in [0.1, 0.15) is 11.1 Å². The van der Waals surface area contributed by atoms with Crippen LogP contribution in [0.5, 0.6) is 0 Å². The van der Waals surface area contributed by atoms with Crippen LogP contribution in [-0.2, 0) is 13.0 Å². The molecule has 2 rings (SSSR count). The van der Waals surface area contributed by atoms with E-state index in [4.69, 9.17) is 0 Å². The van der Waals surface area contributed by atoms with Gasteiger partial charge in [-0.1, -0.05) is 52.3 Å². The van der Waals surface area contributed by atoms with E-state index in [0.29, 0.717) is 12.1 Å². The van der Waals surface area contributed by atoms with E-state index >= 15 is 0 Å². The number of amides is 2. The van der Waals surface area contributed by atoms with E-state index < -0.39 is 0 Å². The molecular formula is C16H16BrFN2O. The van der Waals surface area contributed by atoms with Crippen molar-refractivity contribution in [2.24, 2.45) is 0 Å². The molecule has 0 fully saturated rings. The van der Waals surface area contributed by atoms with Crippen LogP contribution in [0.25, 0.3) is 0 Å². The summed E-state index contributed by atoms with van der Waals surface area (Å²) < 4.78 is 14.4. The highest BCUT2D eigenvalue weighted by Crippen LogP contribution is 2.15. The van der Waals surface area contributed by atoms with Gasteiger partial charge in [0.05, 0.1) is 0 Å². The van der Waals surface area contributed by atoms with Gasteiger partial charge in [0.2, 0.25) is 0 Å². The maximum atomic E-state index is 13.4. The second kappa shape index (κ2) is 7.78. The van der Waals surface area contributed by atoms with Crippen molar-refractivity contribution in [3.8, 4) is 0 Å². The van der Waals surface area contributed by atoms with Crippen molar-refractivity contribution in [3.63, 3.8) is 0 Å². The highest BCUT2D eigenvalue weighted by molar-refractivity contribution is 9.10. The average molecular weight is 351 g/mol. The minimum Gasteiger partial charge on any atom is -0.338 e. The number of hydrogen-bond acceptors (Lipinski definition) is 1. The zero-order valence-corrected chi connectivity index (χ0v) is 13.0. The number of benzene rings is 2. The first-order valence-electron chi connectivity index (χ1n) is 6.65. The number of rotatable bonds is 5. The fraction of sp³-hybridized carbons (Fsp3) is 0.188. The Morgan fingerprint density at radius 3 is 2.38 bits per heavy atom. The quantitative estimate of drug-likeness (QED) is 0.849. The molecule has 3 nitrogen and oxygen atoms in total. The summed E-state index contributed by atoms with van der Waals surface area (Å²) in [7, 11) is 0. The van der Waals surface area contributed by atoms with Gasteiger partial charge < -0.3 is 10.6 Å². The largest absolute Gasteiger partial charge is 0.338 e. The third-order valence-electron chi connectivity index (χ3n) is 3.03. The highest BCUT2D eigenvalue weighted by Gasteiger charge is 2.04. The van der Waals surface area contributed by atoms with Crippen molar-refractivity contribution in [2.45, 2.75) is 13.0 Å². The lowest BCUT2D eigenvalue weighted by atomic mass is 10.1. The van der Waals surface area contributed by atoms with Gasteiger partial charge in [-0.15, -0.1) is 0 Å². The lowest BCUT2D eigenvalue weighted by molar-refractivity contribution is 0.240. The van der Waals surface area contributed by atoms with E-state index in [2.05, 4.69) is 26.6 Å². The van der Waals surface area contributed by atoms with Crippen LogP contribution in [0.2, 0.25) is 0 Å². The van der Waals surface area contributed by atoms with Crippen LogP contribution in [0.4, 0.5) is 9.18 Å². The number of halogens is 2. The van der Waals surface area contributed by atoms with Crippen molar-refractivity contribution in [2.75, 3.05) is 6.54 Å². The van der Waals surface area contributed by atoms with Gasteiger partial charge in [-0.2, -0.15) is 0 Å². The molecule has 0 aliphatic rings. The minimum atomic E-state index is -0.314. The van der Waals surface area contributed by atoms with Gasteiger partial charge in [0.25, 0.3) is 0 Å². The Morgan fingerprint density at radius 1 is 1.00 bits per heavy atom. The summed E-state index contributed by atoms with van der Waals surface area (Å²) >= 11 is 3.46. The zero-order chi connectivity index (χ0) is 15.1. The highest BCUT2D eigenvalue weighted by atomic mass is 79.9. The SMILES string of the molecule is O=C(NCCc1ccccc1Br)NCc1ccccc1F. The van der Waals surface area contributed by atoms with E-state index in [-0.39, 0.29) is 18.4 Å². The van der Waals surface area contributed by atoms with Gasteiger partial charge in [-0.3, -0.25) is 0 Å². The summed E-state index contributed by atoms with van der Waals surface area (Å²) in [4.78, 5) is 11.6. The van der Waals surface area contributed by atoms with Crippen molar-refractivity contribution in [3.05, 3.63) is 69.9 Å². The molecule has 0 atom stereocenters. The third-order valence-corrected chi connectivity index (χ3v) is 3.81. The Morgan fingerprint density at radius 2 is 1.67 bits per heavy atom. The molecule has 0 spiro atoms. The number of carbonyl (C=O) groups is 1. The van der Waals surface area contributed by atoms with Crippen LogP contribution in [-0.4, -0.2) is 12.6 Å². The summed E-state index contributed by atoms with van der Waals surface area (Å²) in [6, 6.07) is 14.0. The van der Waals surface area contributed by atoms with Crippen molar-refractivity contribution in [1.29, 1.82) is 0 Å². The molecule has 0 aliphatic carbocycles. The molecule has 0 saturated carbocycles. The fourth-order valence-electron chi connectivity index (χ4n) is 1.89. The predicted molar refractivity (Wildman–Crippen MR) is 84.5 cm³/mol. The number of carbonyl (C=O) groups excluding carboxylic acids is 1. The van der Waals surface area contributed by atoms with Gasteiger partial charge in [0, 0.05) is 23.1 Å². The molecule has 0 radical (unpaired) electrons. The van der Waals surface area contributed by atoms with Crippen LogP contribution in [0.15, 0.2) is 53.0 Å². The minimum absolute atomic E-state index is 0.174. The molecule has 2 aromatic carbocycles. The maximum Gasteiger partial charge on any atom is 0.315 e. The van der Waals surface area contributed by atoms with Gasteiger partial charge in [-0.25, -0.2) is 9.18 Å². The van der Waals surface area contributed by atoms with Crippen LogP contribution in [0, 0.1) is 5.82 Å². The van der Waals surface area contributed by atoms with Crippen molar-refractivity contribution in [1.82, 2.24) is 10.6 Å². The topological polar surface area (TPSA) is 41.1 Å². The first kappa shape index (κ1) is 15.5. The summed E-state index contributed by atoms with van der Waals surface area (Å²) in [5.74, 6) is -0.314. The average Bonchev–Trinajstić information content (AvgIpc) is 2.48. The molecule has 2 aromatic rings. The first-order chi connectivity index (χ1) is 10.2. The molecule has 0 unspecified atom stereocenters. The molecule has 0 saturated heterocycles. The zero-order valence-electron chi connectivity index (χ0n) is 11.4.